The second kappa shape index (κ2) is 8.05. The third-order valence-electron chi connectivity index (χ3n) is 4.36. The summed E-state index contributed by atoms with van der Waals surface area (Å²) in [5.41, 5.74) is -1.96. The molecule has 1 aliphatic rings. The van der Waals surface area contributed by atoms with Crippen molar-refractivity contribution in [1.82, 2.24) is 0 Å². The van der Waals surface area contributed by atoms with Crippen molar-refractivity contribution in [3.63, 3.8) is 0 Å². The van der Waals surface area contributed by atoms with E-state index in [9.17, 15) is 26.4 Å². The highest BCUT2D eigenvalue weighted by Gasteiger charge is 2.38. The Balaban J connectivity index is 2.24. The van der Waals surface area contributed by atoms with Crippen molar-refractivity contribution in [3.8, 4) is 5.75 Å². The first-order chi connectivity index (χ1) is 12.4. The van der Waals surface area contributed by atoms with Crippen LogP contribution in [0, 0.1) is 0 Å². The zero-order chi connectivity index (χ0) is 20.3. The minimum Gasteiger partial charge on any atom is -0.487 e. The molecule has 0 amide bonds. The number of alkyl halides is 3. The average Bonchev–Trinajstić information content (AvgIpc) is 2.52. The first kappa shape index (κ1) is 21.5. The Morgan fingerprint density at radius 1 is 1.22 bits per heavy atom. The molecule has 152 valence electrons. The minimum absolute atomic E-state index is 0.201. The first-order valence-electron chi connectivity index (χ1n) is 8.42. The van der Waals surface area contributed by atoms with E-state index in [1.807, 2.05) is 0 Å². The molecule has 1 aromatic rings. The van der Waals surface area contributed by atoms with Crippen molar-refractivity contribution in [3.05, 3.63) is 29.3 Å². The number of benzene rings is 1. The van der Waals surface area contributed by atoms with Crippen LogP contribution in [0.25, 0.3) is 0 Å². The van der Waals surface area contributed by atoms with Gasteiger partial charge in [-0.2, -0.15) is 21.6 Å². The summed E-state index contributed by atoms with van der Waals surface area (Å²) in [6.45, 7) is 1.12. The van der Waals surface area contributed by atoms with Gasteiger partial charge in [-0.15, -0.1) is 0 Å². The van der Waals surface area contributed by atoms with Gasteiger partial charge in [0.15, 0.2) is 0 Å². The highest BCUT2D eigenvalue weighted by molar-refractivity contribution is 7.85. The molecule has 0 spiro atoms. The summed E-state index contributed by atoms with van der Waals surface area (Å²) in [4.78, 5) is 12.0. The van der Waals surface area contributed by atoms with Crippen molar-refractivity contribution >= 4 is 16.1 Å². The molecule has 0 atom stereocenters. The number of hydrogen-bond acceptors (Lipinski definition) is 5. The van der Waals surface area contributed by atoms with Crippen molar-refractivity contribution in [2.24, 2.45) is 0 Å². The van der Waals surface area contributed by atoms with Gasteiger partial charge >= 0.3 is 12.1 Å². The van der Waals surface area contributed by atoms with Crippen LogP contribution in [0.15, 0.2) is 18.2 Å². The van der Waals surface area contributed by atoms with Crippen LogP contribution in [0.2, 0.25) is 0 Å². The minimum atomic E-state index is -4.66. The number of ether oxygens (including phenoxy) is 2. The molecule has 6 nitrogen and oxygen atoms in total. The predicted molar refractivity (Wildman–Crippen MR) is 90.3 cm³/mol. The lowest BCUT2D eigenvalue weighted by Crippen LogP contribution is -2.35. The van der Waals surface area contributed by atoms with Gasteiger partial charge in [0.1, 0.15) is 23.7 Å². The topological polar surface area (TPSA) is 89.9 Å². The molecule has 0 heterocycles. The van der Waals surface area contributed by atoms with Crippen LogP contribution in [0.3, 0.4) is 0 Å². The fourth-order valence-electron chi connectivity index (χ4n) is 2.96. The average molecular weight is 410 g/mol. The molecular weight excluding hydrogens is 389 g/mol. The third-order valence-corrected chi connectivity index (χ3v) is 5.05. The van der Waals surface area contributed by atoms with Crippen LogP contribution in [-0.4, -0.2) is 36.9 Å². The van der Waals surface area contributed by atoms with Gasteiger partial charge in [0, 0.05) is 0 Å². The molecule has 0 saturated heterocycles. The van der Waals surface area contributed by atoms with Crippen LogP contribution in [-0.2, 0) is 21.0 Å². The Bertz CT molecular complexity index is 782. The maximum Gasteiger partial charge on any atom is 0.419 e. The molecule has 1 saturated carbocycles. The number of rotatable bonds is 6. The molecule has 0 bridgehead atoms. The second-order valence-corrected chi connectivity index (χ2v) is 8.32. The number of carbonyl (C=O) groups is 1. The Labute approximate surface area is 155 Å². The Morgan fingerprint density at radius 2 is 1.85 bits per heavy atom. The molecule has 0 radical (unpaired) electrons. The van der Waals surface area contributed by atoms with E-state index in [1.165, 1.54) is 0 Å². The van der Waals surface area contributed by atoms with E-state index >= 15 is 0 Å². The summed E-state index contributed by atoms with van der Waals surface area (Å²) < 4.78 is 80.2. The fraction of sp³-hybridized carbons (Fsp3) is 0.588. The van der Waals surface area contributed by atoms with E-state index in [1.54, 1.807) is 6.92 Å². The summed E-state index contributed by atoms with van der Waals surface area (Å²) >= 11 is 0. The highest BCUT2D eigenvalue weighted by Crippen LogP contribution is 2.40. The molecule has 0 unspecified atom stereocenters. The molecule has 0 aliphatic heterocycles. The van der Waals surface area contributed by atoms with Crippen LogP contribution >= 0.6 is 0 Å². The summed E-state index contributed by atoms with van der Waals surface area (Å²) in [5.74, 6) is -2.27. The lowest BCUT2D eigenvalue weighted by molar-refractivity contribution is -0.140. The molecule has 10 heteroatoms. The van der Waals surface area contributed by atoms with Gasteiger partial charge in [-0.05, 0) is 50.8 Å². The van der Waals surface area contributed by atoms with E-state index in [4.69, 9.17) is 9.29 Å². The summed E-state index contributed by atoms with van der Waals surface area (Å²) in [6.07, 6.45) is -0.774. The second-order valence-electron chi connectivity index (χ2n) is 6.74. The van der Waals surface area contributed by atoms with Gasteiger partial charge < -0.3 is 9.47 Å². The standard InChI is InChI=1S/C17H21F3O6S/c1-16(7-3-2-4-8-16)26-14-11-12(5-6-13(14)17(18,19)20)15(21)25-9-10-27(22,23)24/h5-6,11H,2-4,7-10H2,1H3,(H,22,23,24). The van der Waals surface area contributed by atoms with Gasteiger partial charge in [0.25, 0.3) is 10.1 Å². The number of hydrogen-bond donors (Lipinski definition) is 1. The van der Waals surface area contributed by atoms with Gasteiger partial charge in [0.05, 0.1) is 11.1 Å². The van der Waals surface area contributed by atoms with Crippen molar-refractivity contribution in [2.75, 3.05) is 12.4 Å². The smallest absolute Gasteiger partial charge is 0.419 e. The number of esters is 1. The maximum absolute atomic E-state index is 13.3. The van der Waals surface area contributed by atoms with Gasteiger partial charge in [0.2, 0.25) is 0 Å². The Kier molecular flexibility index (Phi) is 6.41. The van der Waals surface area contributed by atoms with Crippen LogP contribution in [0.5, 0.6) is 5.75 Å². The van der Waals surface area contributed by atoms with Crippen LogP contribution < -0.4 is 4.74 Å². The quantitative estimate of drug-likeness (QED) is 0.566. The summed E-state index contributed by atoms with van der Waals surface area (Å²) in [6, 6.07) is 2.63. The zero-order valence-electron chi connectivity index (χ0n) is 14.7. The normalized spacial score (nSPS) is 17.4. The SMILES string of the molecule is CC1(Oc2cc(C(=O)OCCS(=O)(=O)O)ccc2C(F)(F)F)CCCCC1. The van der Waals surface area contributed by atoms with E-state index in [0.717, 1.165) is 37.5 Å². The zero-order valence-corrected chi connectivity index (χ0v) is 15.5. The third kappa shape index (κ3) is 6.39. The van der Waals surface area contributed by atoms with Gasteiger partial charge in [-0.25, -0.2) is 4.79 Å². The molecule has 1 aliphatic carbocycles. The van der Waals surface area contributed by atoms with E-state index < -0.39 is 51.5 Å². The number of halogens is 3. The van der Waals surface area contributed by atoms with Crippen molar-refractivity contribution in [2.45, 2.75) is 50.8 Å². The Morgan fingerprint density at radius 3 is 2.41 bits per heavy atom. The molecule has 1 aromatic carbocycles. The first-order valence-corrected chi connectivity index (χ1v) is 10.0. The molecule has 27 heavy (non-hydrogen) atoms. The fourth-order valence-corrected chi connectivity index (χ4v) is 3.25. The lowest BCUT2D eigenvalue weighted by Gasteiger charge is -2.35. The monoisotopic (exact) mass is 410 g/mol. The van der Waals surface area contributed by atoms with E-state index in [-0.39, 0.29) is 5.56 Å². The molecule has 1 N–H and O–H groups in total. The van der Waals surface area contributed by atoms with Crippen LogP contribution in [0.4, 0.5) is 13.2 Å². The molecular formula is C17H21F3O6S. The van der Waals surface area contributed by atoms with E-state index in [2.05, 4.69) is 4.74 Å². The van der Waals surface area contributed by atoms with E-state index in [0.29, 0.717) is 12.8 Å². The van der Waals surface area contributed by atoms with Gasteiger partial charge in [-0.1, -0.05) is 6.42 Å². The maximum atomic E-state index is 13.3. The molecule has 1 fully saturated rings. The molecule has 0 aromatic heterocycles. The van der Waals surface area contributed by atoms with Crippen molar-refractivity contribution < 1.29 is 40.4 Å². The van der Waals surface area contributed by atoms with Crippen LogP contribution in [0.1, 0.15) is 54.9 Å². The lowest BCUT2D eigenvalue weighted by atomic mass is 9.86. The molecule has 2 rings (SSSR count). The number of carbonyl (C=O) groups excluding carboxylic acids is 1. The largest absolute Gasteiger partial charge is 0.487 e. The van der Waals surface area contributed by atoms with Crippen molar-refractivity contribution in [1.29, 1.82) is 0 Å². The predicted octanol–water partition coefficient (Wildman–Crippen LogP) is 3.85. The highest BCUT2D eigenvalue weighted by atomic mass is 32.2. The van der Waals surface area contributed by atoms with Gasteiger partial charge in [-0.3, -0.25) is 4.55 Å². The summed E-state index contributed by atoms with van der Waals surface area (Å²) in [7, 11) is -4.31. The Hall–Kier alpha value is -1.81. The summed E-state index contributed by atoms with van der Waals surface area (Å²) in [5, 5.41) is 0.